The van der Waals surface area contributed by atoms with Gasteiger partial charge in [-0.2, -0.15) is 13.2 Å². The van der Waals surface area contributed by atoms with Crippen LogP contribution in [0.2, 0.25) is 5.02 Å². The van der Waals surface area contributed by atoms with Crippen molar-refractivity contribution in [2.45, 2.75) is 18.6 Å². The maximum absolute atomic E-state index is 13.5. The van der Waals surface area contributed by atoms with Gasteiger partial charge in [0.2, 0.25) is 5.91 Å². The SMILES string of the molecule is C=CCN(CC(=O)N1CCc2sccc2C1c1ccc(Cl)cc1)C(=O)c1cccc(C(F)(F)F)c1. The van der Waals surface area contributed by atoms with Gasteiger partial charge in [0.25, 0.3) is 5.91 Å². The number of carbonyl (C=O) groups is 2. The number of nitrogens with zero attached hydrogens (tertiary/aromatic N) is 2. The lowest BCUT2D eigenvalue weighted by Crippen LogP contribution is -2.46. The fourth-order valence-corrected chi connectivity index (χ4v) is 5.26. The lowest BCUT2D eigenvalue weighted by molar-refractivity contribution is -0.137. The van der Waals surface area contributed by atoms with E-state index in [0.29, 0.717) is 18.0 Å². The van der Waals surface area contributed by atoms with Crippen molar-refractivity contribution in [3.8, 4) is 0 Å². The van der Waals surface area contributed by atoms with Gasteiger partial charge in [-0.3, -0.25) is 9.59 Å². The van der Waals surface area contributed by atoms with Gasteiger partial charge in [-0.25, -0.2) is 0 Å². The summed E-state index contributed by atoms with van der Waals surface area (Å²) in [6, 6.07) is 13.1. The lowest BCUT2D eigenvalue weighted by Gasteiger charge is -2.37. The molecular weight excluding hydrogens is 497 g/mol. The predicted molar refractivity (Wildman–Crippen MR) is 131 cm³/mol. The number of alkyl halides is 3. The first-order chi connectivity index (χ1) is 16.7. The van der Waals surface area contributed by atoms with Crippen LogP contribution in [0.4, 0.5) is 13.2 Å². The number of halogens is 4. The zero-order valence-electron chi connectivity index (χ0n) is 18.6. The number of amides is 2. The normalized spacial score (nSPS) is 15.4. The lowest BCUT2D eigenvalue weighted by atomic mass is 9.93. The van der Waals surface area contributed by atoms with E-state index in [9.17, 15) is 22.8 Å². The fourth-order valence-electron chi connectivity index (χ4n) is 4.23. The highest BCUT2D eigenvalue weighted by Crippen LogP contribution is 2.38. The summed E-state index contributed by atoms with van der Waals surface area (Å²) < 4.78 is 39.4. The molecule has 35 heavy (non-hydrogen) atoms. The summed E-state index contributed by atoms with van der Waals surface area (Å²) >= 11 is 7.70. The van der Waals surface area contributed by atoms with Crippen molar-refractivity contribution in [1.29, 1.82) is 0 Å². The van der Waals surface area contributed by atoms with Crippen molar-refractivity contribution < 1.29 is 22.8 Å². The first-order valence-electron chi connectivity index (χ1n) is 10.9. The van der Waals surface area contributed by atoms with Crippen LogP contribution in [0.1, 0.15) is 38.0 Å². The van der Waals surface area contributed by atoms with Crippen molar-refractivity contribution in [2.24, 2.45) is 0 Å². The smallest absolute Gasteiger partial charge is 0.330 e. The molecule has 2 amide bonds. The molecule has 0 bridgehead atoms. The minimum absolute atomic E-state index is 0.0178. The van der Waals surface area contributed by atoms with Gasteiger partial charge in [0.05, 0.1) is 11.6 Å². The Morgan fingerprint density at radius 3 is 2.60 bits per heavy atom. The molecule has 2 aromatic carbocycles. The Labute approximate surface area is 210 Å². The van der Waals surface area contributed by atoms with Crippen molar-refractivity contribution >= 4 is 34.8 Å². The van der Waals surface area contributed by atoms with Crippen molar-refractivity contribution in [3.63, 3.8) is 0 Å². The van der Waals surface area contributed by atoms with Crippen LogP contribution in [0.3, 0.4) is 0 Å². The summed E-state index contributed by atoms with van der Waals surface area (Å²) in [5.41, 5.74) is 0.859. The summed E-state index contributed by atoms with van der Waals surface area (Å²) in [4.78, 5) is 30.8. The molecule has 1 unspecified atom stereocenters. The Balaban J connectivity index is 1.61. The number of fused-ring (bicyclic) bond motifs is 1. The molecule has 2 heterocycles. The van der Waals surface area contributed by atoms with E-state index < -0.39 is 17.6 Å². The van der Waals surface area contributed by atoms with E-state index in [1.54, 1.807) is 28.4 Å². The summed E-state index contributed by atoms with van der Waals surface area (Å²) in [6.07, 6.45) is -2.44. The zero-order valence-corrected chi connectivity index (χ0v) is 20.2. The third-order valence-corrected chi connectivity index (χ3v) is 7.12. The first-order valence-corrected chi connectivity index (χ1v) is 12.1. The van der Waals surface area contributed by atoms with Gasteiger partial charge >= 0.3 is 6.18 Å². The van der Waals surface area contributed by atoms with Gasteiger partial charge in [0, 0.05) is 28.6 Å². The average Bonchev–Trinajstić information content (AvgIpc) is 3.32. The van der Waals surface area contributed by atoms with Crippen LogP contribution in [0.5, 0.6) is 0 Å². The van der Waals surface area contributed by atoms with Gasteiger partial charge in [0.1, 0.15) is 6.54 Å². The maximum Gasteiger partial charge on any atom is 0.416 e. The van der Waals surface area contributed by atoms with E-state index in [1.807, 2.05) is 23.6 Å². The van der Waals surface area contributed by atoms with Crippen LogP contribution < -0.4 is 0 Å². The van der Waals surface area contributed by atoms with Crippen molar-refractivity contribution in [2.75, 3.05) is 19.6 Å². The van der Waals surface area contributed by atoms with Gasteiger partial charge in [-0.1, -0.05) is 35.9 Å². The standard InChI is InChI=1S/C26H22ClF3N2O2S/c1-2-12-31(25(34)18-4-3-5-19(15-18)26(28,29)30)16-23(33)32-13-10-22-21(11-14-35-22)24(32)17-6-8-20(27)9-7-17/h2-9,11,14-15,24H,1,10,12-13,16H2. The second-order valence-electron chi connectivity index (χ2n) is 8.14. The van der Waals surface area contributed by atoms with Crippen molar-refractivity contribution in [1.82, 2.24) is 9.80 Å². The molecule has 1 atom stereocenters. The molecule has 0 aliphatic carbocycles. The van der Waals surface area contributed by atoms with Crippen LogP contribution >= 0.6 is 22.9 Å². The molecule has 4 rings (SSSR count). The molecule has 4 nitrogen and oxygen atoms in total. The second-order valence-corrected chi connectivity index (χ2v) is 9.58. The Morgan fingerprint density at radius 2 is 1.91 bits per heavy atom. The molecule has 182 valence electrons. The van der Waals surface area contributed by atoms with Gasteiger partial charge < -0.3 is 9.80 Å². The maximum atomic E-state index is 13.5. The van der Waals surface area contributed by atoms with Crippen LogP contribution in [0, 0.1) is 0 Å². The molecule has 1 aromatic heterocycles. The van der Waals surface area contributed by atoms with Crippen LogP contribution in [0.25, 0.3) is 0 Å². The van der Waals surface area contributed by atoms with Crippen LogP contribution in [-0.2, 0) is 17.4 Å². The van der Waals surface area contributed by atoms with Crippen molar-refractivity contribution in [3.05, 3.63) is 105 Å². The summed E-state index contributed by atoms with van der Waals surface area (Å²) in [5.74, 6) is -0.968. The van der Waals surface area contributed by atoms with Crippen LogP contribution in [0.15, 0.2) is 72.6 Å². The Bertz CT molecular complexity index is 1240. The molecule has 1 aliphatic heterocycles. The molecule has 0 saturated heterocycles. The Morgan fingerprint density at radius 1 is 1.17 bits per heavy atom. The Hall–Kier alpha value is -3.10. The average molecular weight is 519 g/mol. The predicted octanol–water partition coefficient (Wildman–Crippen LogP) is 6.22. The monoisotopic (exact) mass is 518 g/mol. The minimum Gasteiger partial charge on any atom is -0.330 e. The molecule has 3 aromatic rings. The van der Waals surface area contributed by atoms with Crippen LogP contribution in [-0.4, -0.2) is 41.2 Å². The molecule has 0 radical (unpaired) electrons. The summed E-state index contributed by atoms with van der Waals surface area (Å²) in [7, 11) is 0. The number of rotatable bonds is 6. The topological polar surface area (TPSA) is 40.6 Å². The Kier molecular flexibility index (Phi) is 7.33. The molecule has 0 fully saturated rings. The van der Waals surface area contributed by atoms with Gasteiger partial charge in [-0.15, -0.1) is 17.9 Å². The number of hydrogen-bond acceptors (Lipinski definition) is 3. The van der Waals surface area contributed by atoms with E-state index >= 15 is 0 Å². The van der Waals surface area contributed by atoms with Gasteiger partial charge in [-0.05, 0) is 59.3 Å². The molecule has 0 N–H and O–H groups in total. The molecule has 9 heteroatoms. The van der Waals surface area contributed by atoms with E-state index in [1.165, 1.54) is 28.0 Å². The third kappa shape index (κ3) is 5.44. The number of benzene rings is 2. The number of carbonyl (C=O) groups excluding carboxylic acids is 2. The van der Waals surface area contributed by atoms with E-state index in [4.69, 9.17) is 11.6 Å². The number of thiophene rings is 1. The molecule has 1 aliphatic rings. The van der Waals surface area contributed by atoms with E-state index in [0.717, 1.165) is 23.3 Å². The minimum atomic E-state index is -4.58. The largest absolute Gasteiger partial charge is 0.416 e. The number of hydrogen-bond donors (Lipinski definition) is 0. The first kappa shape index (κ1) is 25.0. The molecular formula is C26H22ClF3N2O2S. The highest BCUT2D eigenvalue weighted by molar-refractivity contribution is 7.10. The molecule has 0 spiro atoms. The zero-order chi connectivity index (χ0) is 25.2. The highest BCUT2D eigenvalue weighted by Gasteiger charge is 2.35. The summed E-state index contributed by atoms with van der Waals surface area (Å²) in [5, 5.41) is 2.57. The highest BCUT2D eigenvalue weighted by atomic mass is 35.5. The fraction of sp³-hybridized carbons (Fsp3) is 0.231. The van der Waals surface area contributed by atoms with E-state index in [-0.39, 0.29) is 30.6 Å². The summed E-state index contributed by atoms with van der Waals surface area (Å²) in [6.45, 7) is 3.83. The quantitative estimate of drug-likeness (QED) is 0.363. The van der Waals surface area contributed by atoms with Gasteiger partial charge in [0.15, 0.2) is 0 Å². The third-order valence-electron chi connectivity index (χ3n) is 5.87. The second kappa shape index (κ2) is 10.3. The molecule has 0 saturated carbocycles. The van der Waals surface area contributed by atoms with E-state index in [2.05, 4.69) is 6.58 Å².